The lowest BCUT2D eigenvalue weighted by Crippen LogP contribution is -2.16. The van der Waals surface area contributed by atoms with Crippen molar-refractivity contribution < 1.29 is 9.59 Å². The summed E-state index contributed by atoms with van der Waals surface area (Å²) in [6.45, 7) is 7.77. The van der Waals surface area contributed by atoms with Gasteiger partial charge in [-0.1, -0.05) is 36.4 Å². The molecule has 25 heavy (non-hydrogen) atoms. The van der Waals surface area contributed by atoms with Crippen molar-refractivity contribution in [1.82, 2.24) is 10.2 Å². The SMILES string of the molecule is CCC(=O)Nc1ccc(SCC(=O)Nc2c(C)cc(C)cc2C)nn1. The quantitative estimate of drug-likeness (QED) is 0.772. The van der Waals surface area contributed by atoms with E-state index in [-0.39, 0.29) is 17.6 Å². The third-order valence-corrected chi connectivity index (χ3v) is 4.44. The number of hydrogen-bond donors (Lipinski definition) is 2. The van der Waals surface area contributed by atoms with Crippen LogP contribution in [0.2, 0.25) is 0 Å². The highest BCUT2D eigenvalue weighted by Gasteiger charge is 2.10. The third-order valence-electron chi connectivity index (χ3n) is 3.52. The molecule has 7 heteroatoms. The van der Waals surface area contributed by atoms with Crippen molar-refractivity contribution in [1.29, 1.82) is 0 Å². The van der Waals surface area contributed by atoms with Crippen molar-refractivity contribution in [3.05, 3.63) is 41.0 Å². The van der Waals surface area contributed by atoms with Crippen LogP contribution in [0.15, 0.2) is 29.3 Å². The average Bonchev–Trinajstić information content (AvgIpc) is 2.57. The molecular formula is C18H22N4O2S. The molecule has 0 aliphatic carbocycles. The Hall–Kier alpha value is -2.41. The predicted molar refractivity (Wildman–Crippen MR) is 101 cm³/mol. The number of carbonyl (C=O) groups is 2. The zero-order chi connectivity index (χ0) is 18.4. The molecule has 2 rings (SSSR count). The molecule has 1 aromatic carbocycles. The fraction of sp³-hybridized carbons (Fsp3) is 0.333. The van der Waals surface area contributed by atoms with E-state index in [9.17, 15) is 9.59 Å². The first kappa shape index (κ1) is 18.9. The number of nitrogens with zero attached hydrogens (tertiary/aromatic N) is 2. The molecule has 0 unspecified atom stereocenters. The number of benzene rings is 1. The number of aryl methyl sites for hydroxylation is 3. The molecule has 2 aromatic rings. The fourth-order valence-corrected chi connectivity index (χ4v) is 3.00. The first-order valence-corrected chi connectivity index (χ1v) is 9.01. The van der Waals surface area contributed by atoms with E-state index < -0.39 is 0 Å². The van der Waals surface area contributed by atoms with E-state index in [0.717, 1.165) is 16.8 Å². The Labute approximate surface area is 151 Å². The summed E-state index contributed by atoms with van der Waals surface area (Å²) in [5.74, 6) is 0.442. The van der Waals surface area contributed by atoms with Crippen LogP contribution in [0.25, 0.3) is 0 Å². The minimum atomic E-state index is -0.113. The Bertz CT molecular complexity index is 752. The van der Waals surface area contributed by atoms with Crippen LogP contribution in [0.1, 0.15) is 30.0 Å². The van der Waals surface area contributed by atoms with Crippen molar-refractivity contribution in [2.45, 2.75) is 39.1 Å². The zero-order valence-corrected chi connectivity index (χ0v) is 15.7. The van der Waals surface area contributed by atoms with Crippen LogP contribution < -0.4 is 10.6 Å². The molecule has 0 atom stereocenters. The lowest BCUT2D eigenvalue weighted by atomic mass is 10.1. The molecule has 0 fully saturated rings. The summed E-state index contributed by atoms with van der Waals surface area (Å²) in [7, 11) is 0. The Kier molecular flexibility index (Phi) is 6.52. The van der Waals surface area contributed by atoms with E-state index in [4.69, 9.17) is 0 Å². The van der Waals surface area contributed by atoms with Crippen molar-refractivity contribution in [3.63, 3.8) is 0 Å². The highest BCUT2D eigenvalue weighted by Crippen LogP contribution is 2.23. The molecule has 0 aliphatic heterocycles. The third kappa shape index (κ3) is 5.56. The summed E-state index contributed by atoms with van der Waals surface area (Å²) in [6, 6.07) is 7.50. The van der Waals surface area contributed by atoms with Crippen LogP contribution in [-0.4, -0.2) is 27.8 Å². The van der Waals surface area contributed by atoms with Crippen LogP contribution in [0.4, 0.5) is 11.5 Å². The summed E-state index contributed by atoms with van der Waals surface area (Å²) in [5.41, 5.74) is 4.13. The lowest BCUT2D eigenvalue weighted by molar-refractivity contribution is -0.116. The van der Waals surface area contributed by atoms with Gasteiger partial charge in [-0.2, -0.15) is 0 Å². The molecule has 1 aromatic heterocycles. The van der Waals surface area contributed by atoms with Gasteiger partial charge in [0.2, 0.25) is 11.8 Å². The van der Waals surface area contributed by atoms with Gasteiger partial charge in [0.05, 0.1) is 5.75 Å². The van der Waals surface area contributed by atoms with Gasteiger partial charge in [0.15, 0.2) is 5.82 Å². The second kappa shape index (κ2) is 8.62. The maximum absolute atomic E-state index is 12.2. The van der Waals surface area contributed by atoms with E-state index in [1.165, 1.54) is 17.3 Å². The lowest BCUT2D eigenvalue weighted by Gasteiger charge is -2.12. The average molecular weight is 358 g/mol. The molecule has 0 aliphatic rings. The van der Waals surface area contributed by atoms with Crippen molar-refractivity contribution in [3.8, 4) is 0 Å². The number of amides is 2. The molecule has 0 saturated carbocycles. The topological polar surface area (TPSA) is 84.0 Å². The first-order valence-electron chi connectivity index (χ1n) is 8.03. The van der Waals surface area contributed by atoms with Gasteiger partial charge in [0, 0.05) is 12.1 Å². The molecule has 0 saturated heterocycles. The minimum Gasteiger partial charge on any atom is -0.325 e. The standard InChI is InChI=1S/C18H22N4O2S/c1-5-15(23)19-14-6-7-17(22-21-14)25-10-16(24)20-18-12(3)8-11(2)9-13(18)4/h6-9H,5,10H2,1-4H3,(H,20,24)(H,19,21,23). The van der Waals surface area contributed by atoms with Crippen molar-refractivity contribution >= 4 is 35.1 Å². The van der Waals surface area contributed by atoms with Crippen LogP contribution in [0, 0.1) is 20.8 Å². The van der Waals surface area contributed by atoms with Gasteiger partial charge >= 0.3 is 0 Å². The smallest absolute Gasteiger partial charge is 0.234 e. The monoisotopic (exact) mass is 358 g/mol. The van der Waals surface area contributed by atoms with E-state index in [1.807, 2.05) is 32.9 Å². The zero-order valence-electron chi connectivity index (χ0n) is 14.8. The Morgan fingerprint density at radius 2 is 1.68 bits per heavy atom. The van der Waals surface area contributed by atoms with Crippen LogP contribution >= 0.6 is 11.8 Å². The van der Waals surface area contributed by atoms with Gasteiger partial charge in [0.25, 0.3) is 0 Å². The molecule has 0 radical (unpaired) electrons. The summed E-state index contributed by atoms with van der Waals surface area (Å²) < 4.78 is 0. The molecular weight excluding hydrogens is 336 g/mol. The van der Waals surface area contributed by atoms with Crippen LogP contribution in [0.5, 0.6) is 0 Å². The van der Waals surface area contributed by atoms with Crippen molar-refractivity contribution in [2.24, 2.45) is 0 Å². The molecule has 1 heterocycles. The van der Waals surface area contributed by atoms with Crippen LogP contribution in [0.3, 0.4) is 0 Å². The Balaban J connectivity index is 1.91. The number of nitrogens with one attached hydrogen (secondary N) is 2. The second-order valence-corrected chi connectivity index (χ2v) is 6.76. The van der Waals surface area contributed by atoms with Gasteiger partial charge < -0.3 is 10.6 Å². The molecule has 2 N–H and O–H groups in total. The molecule has 0 spiro atoms. The van der Waals surface area contributed by atoms with E-state index in [1.54, 1.807) is 19.1 Å². The number of anilines is 2. The highest BCUT2D eigenvalue weighted by molar-refractivity contribution is 7.99. The number of rotatable bonds is 6. The van der Waals surface area contributed by atoms with Gasteiger partial charge in [-0.05, 0) is 44.0 Å². The normalized spacial score (nSPS) is 10.4. The van der Waals surface area contributed by atoms with Gasteiger partial charge in [-0.25, -0.2) is 0 Å². The number of aromatic nitrogens is 2. The van der Waals surface area contributed by atoms with E-state index in [0.29, 0.717) is 17.3 Å². The maximum Gasteiger partial charge on any atom is 0.234 e. The summed E-state index contributed by atoms with van der Waals surface area (Å²) in [5, 5.41) is 14.2. The summed E-state index contributed by atoms with van der Waals surface area (Å²) >= 11 is 1.30. The van der Waals surface area contributed by atoms with E-state index in [2.05, 4.69) is 20.8 Å². The second-order valence-electron chi connectivity index (χ2n) is 5.77. The largest absolute Gasteiger partial charge is 0.325 e. The fourth-order valence-electron chi connectivity index (χ4n) is 2.39. The van der Waals surface area contributed by atoms with Crippen molar-refractivity contribution in [2.75, 3.05) is 16.4 Å². The molecule has 132 valence electrons. The maximum atomic E-state index is 12.2. The summed E-state index contributed by atoms with van der Waals surface area (Å²) in [4.78, 5) is 23.5. The Morgan fingerprint density at radius 3 is 2.24 bits per heavy atom. The number of carbonyl (C=O) groups excluding carboxylic acids is 2. The number of hydrogen-bond acceptors (Lipinski definition) is 5. The Morgan fingerprint density at radius 1 is 1.00 bits per heavy atom. The minimum absolute atomic E-state index is 0.0924. The van der Waals surface area contributed by atoms with Gasteiger partial charge in [0.1, 0.15) is 5.03 Å². The molecule has 0 bridgehead atoms. The van der Waals surface area contributed by atoms with E-state index >= 15 is 0 Å². The molecule has 6 nitrogen and oxygen atoms in total. The highest BCUT2D eigenvalue weighted by atomic mass is 32.2. The predicted octanol–water partition coefficient (Wildman–Crippen LogP) is 3.48. The van der Waals surface area contributed by atoms with Gasteiger partial charge in [-0.15, -0.1) is 10.2 Å². The molecule has 2 amide bonds. The number of thioether (sulfide) groups is 1. The van der Waals surface area contributed by atoms with Crippen LogP contribution in [-0.2, 0) is 9.59 Å². The first-order chi connectivity index (χ1) is 11.9. The summed E-state index contributed by atoms with van der Waals surface area (Å²) in [6.07, 6.45) is 0.385. The van der Waals surface area contributed by atoms with Gasteiger partial charge in [-0.3, -0.25) is 9.59 Å².